The third-order valence-corrected chi connectivity index (χ3v) is 9.93. The summed E-state index contributed by atoms with van der Waals surface area (Å²) in [7, 11) is 0. The second-order valence-electron chi connectivity index (χ2n) is 13.8. The quantitative estimate of drug-likeness (QED) is 0.101. The molecular formula is C39H43F3N10O6. The molecule has 58 heavy (non-hydrogen) atoms. The number of urea groups is 1. The number of carbonyl (C=O) groups is 3. The van der Waals surface area contributed by atoms with Crippen molar-refractivity contribution in [2.75, 3.05) is 35.2 Å². The molecule has 19 heteroatoms. The Labute approximate surface area is 330 Å². The summed E-state index contributed by atoms with van der Waals surface area (Å²) in [5.41, 5.74) is 3.90. The number of aliphatic hydroxyl groups is 2. The summed E-state index contributed by atoms with van der Waals surface area (Å²) in [6.45, 7) is 3.34. The van der Waals surface area contributed by atoms with Crippen LogP contribution in [-0.2, 0) is 9.59 Å². The SMILES string of the molecule is CCC(=O)N[C@H]1C[C@@H](n2cnc3c(NCC(c4ccccc4)c4ccccc4)nc(N4CC[C@@H](NC(=O)Nc5cccnc5)C4)nc32)[C@H](O)[C@@H]1O.O=C(O)C(F)(F)F. The molecule has 3 amide bonds. The average Bonchev–Trinajstić information content (AvgIpc) is 3.93. The molecule has 1 saturated carbocycles. The van der Waals surface area contributed by atoms with Gasteiger partial charge in [0.25, 0.3) is 0 Å². The monoisotopic (exact) mass is 804 g/mol. The predicted octanol–water partition coefficient (Wildman–Crippen LogP) is 4.06. The van der Waals surface area contributed by atoms with Crippen molar-refractivity contribution in [3.63, 3.8) is 0 Å². The second-order valence-corrected chi connectivity index (χ2v) is 13.8. The van der Waals surface area contributed by atoms with Crippen LogP contribution in [0.15, 0.2) is 91.5 Å². The van der Waals surface area contributed by atoms with Crippen molar-refractivity contribution in [1.29, 1.82) is 0 Å². The van der Waals surface area contributed by atoms with Gasteiger partial charge in [0, 0.05) is 44.2 Å². The third kappa shape index (κ3) is 9.96. The minimum absolute atomic E-state index is 0.0105. The maximum Gasteiger partial charge on any atom is 0.490 e. The van der Waals surface area contributed by atoms with Gasteiger partial charge >= 0.3 is 18.2 Å². The maximum atomic E-state index is 12.8. The summed E-state index contributed by atoms with van der Waals surface area (Å²) in [5, 5.41) is 41.5. The third-order valence-electron chi connectivity index (χ3n) is 9.93. The number of aromatic nitrogens is 5. The van der Waals surface area contributed by atoms with Gasteiger partial charge in [-0.1, -0.05) is 67.6 Å². The Hall–Kier alpha value is -6.34. The van der Waals surface area contributed by atoms with Crippen LogP contribution in [0.3, 0.4) is 0 Å². The van der Waals surface area contributed by atoms with Crippen LogP contribution < -0.4 is 26.2 Å². The zero-order valence-corrected chi connectivity index (χ0v) is 31.3. The lowest BCUT2D eigenvalue weighted by molar-refractivity contribution is -0.192. The highest BCUT2D eigenvalue weighted by molar-refractivity contribution is 5.89. The Morgan fingerprint density at radius 3 is 2.21 bits per heavy atom. The minimum atomic E-state index is -5.08. The van der Waals surface area contributed by atoms with Crippen molar-refractivity contribution in [1.82, 2.24) is 35.1 Å². The van der Waals surface area contributed by atoms with Gasteiger partial charge in [-0.25, -0.2) is 14.6 Å². The average molecular weight is 805 g/mol. The Bertz CT molecular complexity index is 2120. The number of rotatable bonds is 11. The number of halogens is 3. The fourth-order valence-corrected chi connectivity index (χ4v) is 6.99. The fraction of sp³-hybridized carbons (Fsp3) is 0.359. The number of nitrogens with zero attached hydrogens (tertiary/aromatic N) is 6. The van der Waals surface area contributed by atoms with Crippen molar-refractivity contribution in [2.45, 2.75) is 68.6 Å². The zero-order chi connectivity index (χ0) is 41.4. The predicted molar refractivity (Wildman–Crippen MR) is 207 cm³/mol. The van der Waals surface area contributed by atoms with Crippen molar-refractivity contribution >= 4 is 46.5 Å². The van der Waals surface area contributed by atoms with Crippen LogP contribution in [0.2, 0.25) is 0 Å². The molecule has 1 aliphatic heterocycles. The summed E-state index contributed by atoms with van der Waals surface area (Å²) in [6, 6.07) is 22.4. The number of hydrogen-bond donors (Lipinski definition) is 7. The molecule has 16 nitrogen and oxygen atoms in total. The number of carboxylic acid groups (broad SMARTS) is 1. The molecule has 5 aromatic rings. The van der Waals surface area contributed by atoms with Crippen molar-refractivity contribution in [2.24, 2.45) is 0 Å². The van der Waals surface area contributed by atoms with Gasteiger partial charge in [-0.05, 0) is 36.1 Å². The summed E-state index contributed by atoms with van der Waals surface area (Å²) in [5.74, 6) is -1.97. The molecule has 7 N–H and O–H groups in total. The van der Waals surface area contributed by atoms with E-state index in [0.717, 1.165) is 11.1 Å². The highest BCUT2D eigenvalue weighted by Gasteiger charge is 2.44. The molecule has 1 aliphatic carbocycles. The van der Waals surface area contributed by atoms with Gasteiger partial charge in [-0.15, -0.1) is 0 Å². The Morgan fingerprint density at radius 2 is 1.60 bits per heavy atom. The molecule has 0 radical (unpaired) electrons. The molecule has 2 fully saturated rings. The normalized spacial score (nSPS) is 20.3. The van der Waals surface area contributed by atoms with Gasteiger partial charge in [0.15, 0.2) is 17.0 Å². The number of anilines is 3. The first kappa shape index (κ1) is 41.3. The van der Waals surface area contributed by atoms with Crippen LogP contribution in [0.4, 0.5) is 35.4 Å². The molecule has 3 aromatic heterocycles. The number of pyridine rings is 1. The van der Waals surface area contributed by atoms with E-state index in [1.165, 1.54) is 0 Å². The highest BCUT2D eigenvalue weighted by atomic mass is 19.4. The molecule has 2 aliphatic rings. The molecule has 0 bridgehead atoms. The molecule has 4 heterocycles. The Morgan fingerprint density at radius 1 is 0.931 bits per heavy atom. The summed E-state index contributed by atoms with van der Waals surface area (Å²) in [4.78, 5) is 54.6. The number of carbonyl (C=O) groups excluding carboxylic acids is 2. The number of benzene rings is 2. The first-order chi connectivity index (χ1) is 27.8. The maximum absolute atomic E-state index is 12.8. The number of imidazole rings is 1. The van der Waals surface area contributed by atoms with E-state index in [1.807, 2.05) is 41.3 Å². The van der Waals surface area contributed by atoms with Gasteiger partial charge in [0.2, 0.25) is 11.9 Å². The van der Waals surface area contributed by atoms with E-state index in [2.05, 4.69) is 50.5 Å². The molecule has 306 valence electrons. The van der Waals surface area contributed by atoms with E-state index in [9.17, 15) is 33.0 Å². The summed E-state index contributed by atoms with van der Waals surface area (Å²) < 4.78 is 33.5. The van der Waals surface area contributed by atoms with E-state index < -0.39 is 36.4 Å². The standard InChI is InChI=1S/C37H42N10O4.C2HF3O2/c1-2-30(48)43-28-18-29(33(50)32(28)49)47-22-40-31-34(39-20-27(23-10-5-3-6-11-23)24-12-7-4-8-13-24)44-36(45-35(31)47)46-17-15-26(21-46)42-37(51)41-25-14-9-16-38-19-25;3-2(4,5)1(6)7/h3-14,16,19,22,26-29,32-33,49-50H,2,15,17-18,20-21H2,1H3,(H,43,48)(H,39,44,45)(H2,41,42,51);(H,6,7)/t26-,28+,29-,32-,33+;/m1./s1. The Balaban J connectivity index is 0.000000743. The smallest absolute Gasteiger partial charge is 0.475 e. The molecule has 1 saturated heterocycles. The van der Waals surface area contributed by atoms with Crippen molar-refractivity contribution in [3.8, 4) is 0 Å². The number of fused-ring (bicyclic) bond motifs is 1. The summed E-state index contributed by atoms with van der Waals surface area (Å²) in [6.07, 6.45) is -1.29. The van der Waals surface area contributed by atoms with Gasteiger partial charge in [-0.2, -0.15) is 23.1 Å². The topological polar surface area (TPSA) is 220 Å². The van der Waals surface area contributed by atoms with E-state index >= 15 is 0 Å². The van der Waals surface area contributed by atoms with Gasteiger partial charge in [-0.3, -0.25) is 9.78 Å². The second kappa shape index (κ2) is 18.3. The van der Waals surface area contributed by atoms with Gasteiger partial charge in [0.1, 0.15) is 12.2 Å². The van der Waals surface area contributed by atoms with Gasteiger partial charge < -0.3 is 46.1 Å². The number of aliphatic carboxylic acids is 1. The van der Waals surface area contributed by atoms with E-state index in [0.29, 0.717) is 61.1 Å². The van der Waals surface area contributed by atoms with Crippen LogP contribution in [-0.4, -0.2) is 108 Å². The number of amides is 3. The molecule has 5 atom stereocenters. The molecule has 0 unspecified atom stereocenters. The lowest BCUT2D eigenvalue weighted by atomic mass is 9.91. The van der Waals surface area contributed by atoms with E-state index in [4.69, 9.17) is 24.9 Å². The lowest BCUT2D eigenvalue weighted by Gasteiger charge is -2.22. The molecule has 2 aromatic carbocycles. The summed E-state index contributed by atoms with van der Waals surface area (Å²) >= 11 is 0. The van der Waals surface area contributed by atoms with Crippen LogP contribution in [0.1, 0.15) is 49.3 Å². The lowest BCUT2D eigenvalue weighted by Crippen LogP contribution is -2.42. The number of hydrogen-bond acceptors (Lipinski definition) is 11. The number of alkyl halides is 3. The zero-order valence-electron chi connectivity index (χ0n) is 31.3. The minimum Gasteiger partial charge on any atom is -0.475 e. The van der Waals surface area contributed by atoms with Crippen molar-refractivity contribution < 1.29 is 42.9 Å². The number of aliphatic hydroxyl groups excluding tert-OH is 2. The van der Waals surface area contributed by atoms with Crippen LogP contribution in [0.5, 0.6) is 0 Å². The number of carboxylic acids is 1. The van der Waals surface area contributed by atoms with E-state index in [1.54, 1.807) is 42.3 Å². The highest BCUT2D eigenvalue weighted by Crippen LogP contribution is 2.35. The Kier molecular flexibility index (Phi) is 13.0. The van der Waals surface area contributed by atoms with Gasteiger partial charge in [0.05, 0.1) is 30.3 Å². The first-order valence-corrected chi connectivity index (χ1v) is 18.6. The van der Waals surface area contributed by atoms with Crippen LogP contribution in [0.25, 0.3) is 11.2 Å². The first-order valence-electron chi connectivity index (χ1n) is 18.6. The largest absolute Gasteiger partial charge is 0.490 e. The van der Waals surface area contributed by atoms with Crippen molar-refractivity contribution in [3.05, 3.63) is 103 Å². The fourth-order valence-electron chi connectivity index (χ4n) is 6.99. The molecule has 0 spiro atoms. The van der Waals surface area contributed by atoms with Crippen LogP contribution >= 0.6 is 0 Å². The van der Waals surface area contributed by atoms with Crippen LogP contribution in [0, 0.1) is 0 Å². The molecule has 7 rings (SSSR count). The van der Waals surface area contributed by atoms with E-state index in [-0.39, 0.29) is 30.3 Å². The number of nitrogens with one attached hydrogen (secondary N) is 4. The molecular weight excluding hydrogens is 761 g/mol.